The van der Waals surface area contributed by atoms with E-state index in [4.69, 9.17) is 5.11 Å². The summed E-state index contributed by atoms with van der Waals surface area (Å²) in [5, 5.41) is 15.5. The van der Waals surface area contributed by atoms with E-state index in [1.807, 2.05) is 24.3 Å². The first-order chi connectivity index (χ1) is 11.2. The summed E-state index contributed by atoms with van der Waals surface area (Å²) in [6.07, 6.45) is 1.49. The number of amides is 1. The van der Waals surface area contributed by atoms with Crippen molar-refractivity contribution in [1.29, 1.82) is 0 Å². The summed E-state index contributed by atoms with van der Waals surface area (Å²) in [4.78, 5) is 19.8. The fourth-order valence-electron chi connectivity index (χ4n) is 2.14. The fraction of sp³-hybridized carbons (Fsp3) is 0.0625. The van der Waals surface area contributed by atoms with E-state index in [0.29, 0.717) is 11.5 Å². The smallest absolute Gasteiger partial charge is 0.250 e. The molecule has 0 aliphatic carbocycles. The Hall–Kier alpha value is -2.26. The van der Waals surface area contributed by atoms with E-state index in [0.717, 1.165) is 20.2 Å². The predicted molar refractivity (Wildman–Crippen MR) is 97.7 cm³/mol. The minimum absolute atomic E-state index is 0.465. The molecule has 1 heterocycles. The Morgan fingerprint density at radius 2 is 2.00 bits per heavy atom. The standard InChI is InChI=1S/C16H13IN4O2/c17-10-2-1-3-11(6-10)21-16-13-7-12(20-15(23)8-22)4-5-14(13)18-9-19-16/h1-7,9,22H,8H2,(H,20,23)(H,18,19,21). The number of hydrogen-bond donors (Lipinski definition) is 3. The van der Waals surface area contributed by atoms with Gasteiger partial charge in [-0.1, -0.05) is 6.07 Å². The summed E-state index contributed by atoms with van der Waals surface area (Å²) in [6.45, 7) is -0.559. The molecule has 0 unspecified atom stereocenters. The van der Waals surface area contributed by atoms with Crippen LogP contribution in [0.3, 0.4) is 0 Å². The van der Waals surface area contributed by atoms with Crippen molar-refractivity contribution >= 4 is 56.6 Å². The van der Waals surface area contributed by atoms with Gasteiger partial charge in [0.2, 0.25) is 5.91 Å². The van der Waals surface area contributed by atoms with Gasteiger partial charge in [0.1, 0.15) is 18.8 Å². The molecule has 0 saturated heterocycles. The van der Waals surface area contributed by atoms with Crippen LogP contribution >= 0.6 is 22.6 Å². The van der Waals surface area contributed by atoms with Gasteiger partial charge >= 0.3 is 0 Å². The highest BCUT2D eigenvalue weighted by Crippen LogP contribution is 2.26. The zero-order valence-electron chi connectivity index (χ0n) is 12.0. The summed E-state index contributed by atoms with van der Waals surface area (Å²) in [5.41, 5.74) is 2.26. The molecule has 0 fully saturated rings. The van der Waals surface area contributed by atoms with Gasteiger partial charge in [-0.3, -0.25) is 4.79 Å². The number of nitrogens with zero attached hydrogens (tertiary/aromatic N) is 2. The Bertz CT molecular complexity index is 870. The largest absolute Gasteiger partial charge is 0.387 e. The van der Waals surface area contributed by atoms with Gasteiger partial charge in [-0.15, -0.1) is 0 Å². The predicted octanol–water partition coefficient (Wildman–Crippen LogP) is 2.91. The van der Waals surface area contributed by atoms with Crippen molar-refractivity contribution in [2.24, 2.45) is 0 Å². The van der Waals surface area contributed by atoms with Crippen LogP contribution in [-0.2, 0) is 4.79 Å². The Kier molecular flexibility index (Phi) is 4.68. The lowest BCUT2D eigenvalue weighted by Gasteiger charge is -2.10. The molecule has 3 rings (SSSR count). The molecule has 6 nitrogen and oxygen atoms in total. The third-order valence-electron chi connectivity index (χ3n) is 3.15. The number of anilines is 3. The van der Waals surface area contributed by atoms with Gasteiger partial charge in [0.15, 0.2) is 0 Å². The first-order valence-electron chi connectivity index (χ1n) is 6.84. The van der Waals surface area contributed by atoms with E-state index < -0.39 is 12.5 Å². The molecule has 3 aromatic rings. The molecule has 3 N–H and O–H groups in total. The van der Waals surface area contributed by atoms with Crippen LogP contribution in [0.1, 0.15) is 0 Å². The van der Waals surface area contributed by atoms with Gasteiger partial charge in [-0.05, 0) is 59.0 Å². The second-order valence-corrected chi connectivity index (χ2v) is 6.04. The number of carbonyl (C=O) groups is 1. The Morgan fingerprint density at radius 3 is 2.78 bits per heavy atom. The zero-order valence-corrected chi connectivity index (χ0v) is 14.1. The van der Waals surface area contributed by atoms with Crippen molar-refractivity contribution in [3.8, 4) is 0 Å². The number of halogens is 1. The third kappa shape index (κ3) is 3.74. The van der Waals surface area contributed by atoms with Crippen LogP contribution in [-0.4, -0.2) is 27.6 Å². The summed E-state index contributed by atoms with van der Waals surface area (Å²) < 4.78 is 1.11. The van der Waals surface area contributed by atoms with E-state index >= 15 is 0 Å². The fourth-order valence-corrected chi connectivity index (χ4v) is 2.68. The molecule has 7 heteroatoms. The molecule has 0 aliphatic rings. The summed E-state index contributed by atoms with van der Waals surface area (Å²) >= 11 is 2.24. The van der Waals surface area contributed by atoms with Crippen LogP contribution in [0.15, 0.2) is 48.8 Å². The Morgan fingerprint density at radius 1 is 1.13 bits per heavy atom. The van der Waals surface area contributed by atoms with Crippen LogP contribution in [0.25, 0.3) is 10.9 Å². The average Bonchev–Trinajstić information content (AvgIpc) is 2.55. The van der Waals surface area contributed by atoms with Crippen LogP contribution in [0.2, 0.25) is 0 Å². The molecule has 0 bridgehead atoms. The maximum absolute atomic E-state index is 11.3. The number of aromatic nitrogens is 2. The molecule has 0 aliphatic heterocycles. The van der Waals surface area contributed by atoms with Crippen LogP contribution in [0, 0.1) is 3.57 Å². The number of nitrogens with one attached hydrogen (secondary N) is 2. The van der Waals surface area contributed by atoms with Crippen molar-refractivity contribution in [3.63, 3.8) is 0 Å². The number of fused-ring (bicyclic) bond motifs is 1. The molecule has 1 aromatic heterocycles. The number of aliphatic hydroxyl groups excluding tert-OH is 1. The summed E-state index contributed by atoms with van der Waals surface area (Å²) in [5.74, 6) is 0.186. The second-order valence-electron chi connectivity index (χ2n) is 4.80. The molecule has 116 valence electrons. The van der Waals surface area contributed by atoms with Crippen LogP contribution in [0.5, 0.6) is 0 Å². The zero-order chi connectivity index (χ0) is 16.2. The van der Waals surface area contributed by atoms with Crippen molar-refractivity contribution in [2.75, 3.05) is 17.2 Å². The molecule has 2 aromatic carbocycles. The van der Waals surface area contributed by atoms with Crippen molar-refractivity contribution < 1.29 is 9.90 Å². The van der Waals surface area contributed by atoms with E-state index in [9.17, 15) is 4.79 Å². The SMILES string of the molecule is O=C(CO)Nc1ccc2ncnc(Nc3cccc(I)c3)c2c1. The van der Waals surface area contributed by atoms with Gasteiger partial charge in [0, 0.05) is 20.3 Å². The van der Waals surface area contributed by atoms with Gasteiger partial charge < -0.3 is 15.7 Å². The number of benzene rings is 2. The molecular formula is C16H13IN4O2. The lowest BCUT2D eigenvalue weighted by atomic mass is 10.2. The number of aliphatic hydroxyl groups is 1. The minimum atomic E-state index is -0.559. The van der Waals surface area contributed by atoms with Crippen LogP contribution in [0.4, 0.5) is 17.2 Å². The van der Waals surface area contributed by atoms with Gasteiger partial charge in [-0.2, -0.15) is 0 Å². The van der Waals surface area contributed by atoms with E-state index in [1.54, 1.807) is 18.2 Å². The van der Waals surface area contributed by atoms with E-state index in [1.165, 1.54) is 6.33 Å². The number of carbonyl (C=O) groups excluding carboxylic acids is 1. The second kappa shape index (κ2) is 6.88. The molecule has 0 atom stereocenters. The van der Waals surface area contributed by atoms with Crippen molar-refractivity contribution in [1.82, 2.24) is 9.97 Å². The maximum atomic E-state index is 11.3. The molecule has 1 amide bonds. The van der Waals surface area contributed by atoms with E-state index in [-0.39, 0.29) is 0 Å². The minimum Gasteiger partial charge on any atom is -0.387 e. The Labute approximate surface area is 146 Å². The quantitative estimate of drug-likeness (QED) is 0.566. The average molecular weight is 420 g/mol. The maximum Gasteiger partial charge on any atom is 0.250 e. The monoisotopic (exact) mass is 420 g/mol. The van der Waals surface area contributed by atoms with Crippen LogP contribution < -0.4 is 10.6 Å². The highest BCUT2D eigenvalue weighted by Gasteiger charge is 2.07. The van der Waals surface area contributed by atoms with E-state index in [2.05, 4.69) is 43.2 Å². The molecule has 0 saturated carbocycles. The highest BCUT2D eigenvalue weighted by atomic mass is 127. The lowest BCUT2D eigenvalue weighted by molar-refractivity contribution is -0.118. The summed E-state index contributed by atoms with van der Waals surface area (Å²) in [6, 6.07) is 13.2. The number of rotatable bonds is 4. The first-order valence-corrected chi connectivity index (χ1v) is 7.91. The summed E-state index contributed by atoms with van der Waals surface area (Å²) in [7, 11) is 0. The van der Waals surface area contributed by atoms with Crippen molar-refractivity contribution in [3.05, 3.63) is 52.4 Å². The van der Waals surface area contributed by atoms with Gasteiger partial charge in [0.05, 0.1) is 5.52 Å². The molecule has 0 spiro atoms. The lowest BCUT2D eigenvalue weighted by Crippen LogP contribution is -2.15. The van der Waals surface area contributed by atoms with Crippen molar-refractivity contribution in [2.45, 2.75) is 0 Å². The number of hydrogen-bond acceptors (Lipinski definition) is 5. The highest BCUT2D eigenvalue weighted by molar-refractivity contribution is 14.1. The topological polar surface area (TPSA) is 87.1 Å². The first kappa shape index (κ1) is 15.6. The normalized spacial score (nSPS) is 10.5. The molecule has 23 heavy (non-hydrogen) atoms. The molecule has 0 radical (unpaired) electrons. The third-order valence-corrected chi connectivity index (χ3v) is 3.82. The molecular weight excluding hydrogens is 407 g/mol. The van der Waals surface area contributed by atoms with Gasteiger partial charge in [0.25, 0.3) is 0 Å². The Balaban J connectivity index is 1.99. The van der Waals surface area contributed by atoms with Gasteiger partial charge in [-0.25, -0.2) is 9.97 Å².